The molecule has 22 heavy (non-hydrogen) atoms. The molecule has 1 aliphatic carbocycles. The molecule has 0 atom stereocenters. The summed E-state index contributed by atoms with van der Waals surface area (Å²) in [5.74, 6) is 0. The van der Waals surface area contributed by atoms with Crippen molar-refractivity contribution < 1.29 is 4.79 Å². The molecular weight excluding hydrogens is 319 g/mol. The van der Waals surface area contributed by atoms with Gasteiger partial charge < -0.3 is 10.6 Å². The molecule has 3 rings (SSSR count). The van der Waals surface area contributed by atoms with Crippen LogP contribution < -0.4 is 10.6 Å². The summed E-state index contributed by atoms with van der Waals surface area (Å²) in [5.41, 5.74) is 1.89. The first-order valence-electron chi connectivity index (χ1n) is 7.14. The lowest BCUT2D eigenvalue weighted by Crippen LogP contribution is -2.35. The van der Waals surface area contributed by atoms with E-state index in [1.54, 1.807) is 24.3 Å². The van der Waals surface area contributed by atoms with E-state index in [4.69, 9.17) is 23.2 Å². The summed E-state index contributed by atoms with van der Waals surface area (Å²) in [5, 5.41) is 7.04. The minimum atomic E-state index is -0.226. The van der Waals surface area contributed by atoms with Crippen LogP contribution >= 0.6 is 23.2 Å². The first-order chi connectivity index (χ1) is 10.6. The molecule has 0 aliphatic heterocycles. The summed E-state index contributed by atoms with van der Waals surface area (Å²) < 4.78 is 0. The van der Waals surface area contributed by atoms with Crippen molar-refractivity contribution in [1.82, 2.24) is 5.32 Å². The monoisotopic (exact) mass is 334 g/mol. The molecule has 2 amide bonds. The normalized spacial score (nSPS) is 15.2. The lowest BCUT2D eigenvalue weighted by Gasteiger charge is -2.17. The molecular formula is C17H16Cl2N2O. The molecule has 0 heterocycles. The van der Waals surface area contributed by atoms with Crippen LogP contribution in [-0.2, 0) is 5.41 Å². The van der Waals surface area contributed by atoms with E-state index >= 15 is 0 Å². The fraction of sp³-hybridized carbons (Fsp3) is 0.235. The SMILES string of the molecule is O=C(NCC1(c2cccc(Cl)c2)CC1)Nc1cccc(Cl)c1. The van der Waals surface area contributed by atoms with E-state index in [-0.39, 0.29) is 11.4 Å². The molecule has 2 aromatic carbocycles. The van der Waals surface area contributed by atoms with Gasteiger partial charge >= 0.3 is 6.03 Å². The van der Waals surface area contributed by atoms with Crippen molar-refractivity contribution in [2.24, 2.45) is 0 Å². The summed E-state index contributed by atoms with van der Waals surface area (Å²) in [7, 11) is 0. The number of urea groups is 1. The minimum absolute atomic E-state index is 0.0244. The van der Waals surface area contributed by atoms with Gasteiger partial charge in [-0.3, -0.25) is 0 Å². The van der Waals surface area contributed by atoms with Crippen LogP contribution in [-0.4, -0.2) is 12.6 Å². The van der Waals surface area contributed by atoms with Gasteiger partial charge in [0.15, 0.2) is 0 Å². The molecule has 0 aromatic heterocycles. The molecule has 0 spiro atoms. The van der Waals surface area contributed by atoms with Crippen molar-refractivity contribution in [3.63, 3.8) is 0 Å². The Balaban J connectivity index is 1.59. The van der Waals surface area contributed by atoms with Crippen molar-refractivity contribution in [3.05, 3.63) is 64.1 Å². The van der Waals surface area contributed by atoms with Crippen LogP contribution in [0.1, 0.15) is 18.4 Å². The van der Waals surface area contributed by atoms with E-state index in [0.717, 1.165) is 17.9 Å². The van der Waals surface area contributed by atoms with Crippen LogP contribution in [0.2, 0.25) is 10.0 Å². The van der Waals surface area contributed by atoms with Gasteiger partial charge in [0.1, 0.15) is 0 Å². The largest absolute Gasteiger partial charge is 0.337 e. The number of halogens is 2. The Labute approximate surface area is 139 Å². The fourth-order valence-corrected chi connectivity index (χ4v) is 2.91. The molecule has 114 valence electrons. The highest BCUT2D eigenvalue weighted by molar-refractivity contribution is 6.31. The molecule has 5 heteroatoms. The average Bonchev–Trinajstić information content (AvgIpc) is 3.26. The number of carbonyl (C=O) groups is 1. The standard InChI is InChI=1S/C17H16Cl2N2O/c18-13-4-1-3-12(9-13)17(7-8-17)11-20-16(22)21-15-6-2-5-14(19)10-15/h1-6,9-10H,7-8,11H2,(H2,20,21,22). The molecule has 2 aromatic rings. The summed E-state index contributed by atoms with van der Waals surface area (Å²) >= 11 is 11.9. The van der Waals surface area contributed by atoms with Crippen molar-refractivity contribution >= 4 is 34.9 Å². The van der Waals surface area contributed by atoms with Gasteiger partial charge in [0.25, 0.3) is 0 Å². The highest BCUT2D eigenvalue weighted by atomic mass is 35.5. The van der Waals surface area contributed by atoms with E-state index in [2.05, 4.69) is 16.7 Å². The maximum absolute atomic E-state index is 12.0. The zero-order valence-corrected chi connectivity index (χ0v) is 13.4. The van der Waals surface area contributed by atoms with Gasteiger partial charge in [0, 0.05) is 27.7 Å². The van der Waals surface area contributed by atoms with Crippen LogP contribution in [0.5, 0.6) is 0 Å². The maximum Gasteiger partial charge on any atom is 0.319 e. The predicted octanol–water partition coefficient (Wildman–Crippen LogP) is 4.85. The Hall–Kier alpha value is -1.71. The topological polar surface area (TPSA) is 41.1 Å². The zero-order chi connectivity index (χ0) is 15.6. The second-order valence-corrected chi connectivity index (χ2v) is 6.48. The second-order valence-electron chi connectivity index (χ2n) is 5.61. The summed E-state index contributed by atoms with van der Waals surface area (Å²) in [6.45, 7) is 0.597. The van der Waals surface area contributed by atoms with Crippen molar-refractivity contribution in [2.75, 3.05) is 11.9 Å². The summed E-state index contributed by atoms with van der Waals surface area (Å²) in [6, 6.07) is 14.7. The van der Waals surface area contributed by atoms with Gasteiger partial charge in [-0.15, -0.1) is 0 Å². The van der Waals surface area contributed by atoms with E-state index in [0.29, 0.717) is 17.3 Å². The van der Waals surface area contributed by atoms with Crippen LogP contribution in [0, 0.1) is 0 Å². The lowest BCUT2D eigenvalue weighted by molar-refractivity contribution is 0.251. The molecule has 1 aliphatic rings. The quantitative estimate of drug-likeness (QED) is 0.824. The lowest BCUT2D eigenvalue weighted by atomic mass is 9.96. The Kier molecular flexibility index (Phi) is 4.27. The number of benzene rings is 2. The molecule has 1 fully saturated rings. The third-order valence-corrected chi connectivity index (χ3v) is 4.43. The minimum Gasteiger partial charge on any atom is -0.337 e. The fourth-order valence-electron chi connectivity index (χ4n) is 2.53. The Morgan fingerprint density at radius 3 is 2.36 bits per heavy atom. The molecule has 0 unspecified atom stereocenters. The smallest absolute Gasteiger partial charge is 0.319 e. The van der Waals surface area contributed by atoms with Gasteiger partial charge in [0.05, 0.1) is 0 Å². The van der Waals surface area contributed by atoms with Crippen LogP contribution in [0.4, 0.5) is 10.5 Å². The second kappa shape index (κ2) is 6.19. The van der Waals surface area contributed by atoms with E-state index in [1.165, 1.54) is 5.56 Å². The number of hydrogen-bond acceptors (Lipinski definition) is 1. The molecule has 0 radical (unpaired) electrons. The van der Waals surface area contributed by atoms with Crippen LogP contribution in [0.15, 0.2) is 48.5 Å². The highest BCUT2D eigenvalue weighted by Gasteiger charge is 2.44. The van der Waals surface area contributed by atoms with Crippen molar-refractivity contribution in [1.29, 1.82) is 0 Å². The third kappa shape index (κ3) is 3.54. The Morgan fingerprint density at radius 2 is 1.73 bits per heavy atom. The zero-order valence-electron chi connectivity index (χ0n) is 11.9. The van der Waals surface area contributed by atoms with Gasteiger partial charge in [-0.1, -0.05) is 41.4 Å². The van der Waals surface area contributed by atoms with E-state index in [1.807, 2.05) is 18.2 Å². The van der Waals surface area contributed by atoms with Gasteiger partial charge in [-0.05, 0) is 48.7 Å². The molecule has 0 bridgehead atoms. The number of hydrogen-bond donors (Lipinski definition) is 2. The van der Waals surface area contributed by atoms with E-state index in [9.17, 15) is 4.79 Å². The Morgan fingerprint density at radius 1 is 1.05 bits per heavy atom. The predicted molar refractivity (Wildman–Crippen MR) is 90.8 cm³/mol. The van der Waals surface area contributed by atoms with E-state index < -0.39 is 0 Å². The third-order valence-electron chi connectivity index (χ3n) is 3.96. The number of carbonyl (C=O) groups excluding carboxylic acids is 1. The van der Waals surface area contributed by atoms with Crippen molar-refractivity contribution in [2.45, 2.75) is 18.3 Å². The molecule has 2 N–H and O–H groups in total. The first kappa shape index (κ1) is 15.2. The van der Waals surface area contributed by atoms with Gasteiger partial charge in [0.2, 0.25) is 0 Å². The average molecular weight is 335 g/mol. The van der Waals surface area contributed by atoms with Gasteiger partial charge in [-0.2, -0.15) is 0 Å². The Bertz CT molecular complexity index is 699. The maximum atomic E-state index is 12.0. The number of rotatable bonds is 4. The van der Waals surface area contributed by atoms with Gasteiger partial charge in [-0.25, -0.2) is 4.79 Å². The number of anilines is 1. The highest BCUT2D eigenvalue weighted by Crippen LogP contribution is 2.48. The number of amides is 2. The van der Waals surface area contributed by atoms with Crippen molar-refractivity contribution in [3.8, 4) is 0 Å². The van der Waals surface area contributed by atoms with Crippen LogP contribution in [0.3, 0.4) is 0 Å². The van der Waals surface area contributed by atoms with Crippen LogP contribution in [0.25, 0.3) is 0 Å². The molecule has 0 saturated heterocycles. The summed E-state index contributed by atoms with van der Waals surface area (Å²) in [4.78, 5) is 12.0. The molecule has 1 saturated carbocycles. The molecule has 3 nitrogen and oxygen atoms in total. The summed E-state index contributed by atoms with van der Waals surface area (Å²) in [6.07, 6.45) is 2.12. The number of nitrogens with one attached hydrogen (secondary N) is 2. The first-order valence-corrected chi connectivity index (χ1v) is 7.89.